The Bertz CT molecular complexity index is 804. The predicted octanol–water partition coefficient (Wildman–Crippen LogP) is 2.85. The molecule has 1 heterocycles. The molecule has 4 N–H and O–H groups in total. The van der Waals surface area contributed by atoms with Crippen LogP contribution in [0.3, 0.4) is 0 Å². The number of hydrogen-bond acceptors (Lipinski definition) is 5. The number of aromatic hydroxyl groups is 1. The lowest BCUT2D eigenvalue weighted by Gasteiger charge is -2.16. The molecule has 0 aromatic heterocycles. The number of phenolic OH excluding ortho intramolecular Hbond substituents is 1. The van der Waals surface area contributed by atoms with Gasteiger partial charge in [0.15, 0.2) is 5.78 Å². The summed E-state index contributed by atoms with van der Waals surface area (Å²) in [5.41, 5.74) is 0.906. The Kier molecular flexibility index (Phi) is 6.58. The second-order valence-electron chi connectivity index (χ2n) is 6.74. The Morgan fingerprint density at radius 3 is 2.44 bits per heavy atom. The lowest BCUT2D eigenvalue weighted by Crippen LogP contribution is -2.35. The smallest absolute Gasteiger partial charge is 0.259 e. The molecule has 0 spiro atoms. The maximum Gasteiger partial charge on any atom is 0.259 e. The van der Waals surface area contributed by atoms with E-state index in [1.165, 1.54) is 30.3 Å². The molecule has 0 bridgehead atoms. The van der Waals surface area contributed by atoms with E-state index < -0.39 is 29.6 Å². The Morgan fingerprint density at radius 2 is 1.85 bits per heavy atom. The Hall–Kier alpha value is -2.86. The number of benzene rings is 1. The molecule has 1 aliphatic rings. The molecule has 1 amide bonds. The van der Waals surface area contributed by atoms with E-state index in [4.69, 9.17) is 0 Å². The van der Waals surface area contributed by atoms with E-state index in [0.29, 0.717) is 11.5 Å². The summed E-state index contributed by atoms with van der Waals surface area (Å²) < 4.78 is 0. The van der Waals surface area contributed by atoms with Gasteiger partial charge in [-0.2, -0.15) is 0 Å². The third-order valence-electron chi connectivity index (χ3n) is 4.54. The van der Waals surface area contributed by atoms with Crippen LogP contribution in [0.4, 0.5) is 0 Å². The van der Waals surface area contributed by atoms with Crippen molar-refractivity contribution >= 4 is 11.7 Å². The molecule has 6 nitrogen and oxygen atoms in total. The number of allylic oxidation sites excluding steroid dienone is 4. The summed E-state index contributed by atoms with van der Waals surface area (Å²) in [5, 5.41) is 32.3. The van der Waals surface area contributed by atoms with Gasteiger partial charge in [0.1, 0.15) is 29.2 Å². The van der Waals surface area contributed by atoms with Gasteiger partial charge in [-0.3, -0.25) is 9.59 Å². The van der Waals surface area contributed by atoms with Crippen LogP contribution in [0.15, 0.2) is 59.4 Å². The molecule has 0 aliphatic carbocycles. The minimum absolute atomic E-state index is 0.0249. The van der Waals surface area contributed by atoms with E-state index in [0.717, 1.165) is 12.0 Å². The SMILES string of the molecule is CC[C@@H](C)/C=C(C)/C=C/C(O)=C1\C(=O)N[C@@H]([C@@H](O)c2ccc(O)cc2)C1=O. The zero-order chi connectivity index (χ0) is 20.1. The highest BCUT2D eigenvalue weighted by Crippen LogP contribution is 2.26. The predicted molar refractivity (Wildman–Crippen MR) is 102 cm³/mol. The fourth-order valence-corrected chi connectivity index (χ4v) is 2.79. The zero-order valence-corrected chi connectivity index (χ0v) is 15.6. The number of carbonyl (C=O) groups excluding carboxylic acids is 2. The second-order valence-corrected chi connectivity index (χ2v) is 6.74. The van der Waals surface area contributed by atoms with Crippen molar-refractivity contribution in [2.75, 3.05) is 0 Å². The van der Waals surface area contributed by atoms with E-state index in [1.54, 1.807) is 6.08 Å². The van der Waals surface area contributed by atoms with Crippen LogP contribution in [0.1, 0.15) is 38.9 Å². The number of carbonyl (C=O) groups is 2. The maximum atomic E-state index is 12.5. The maximum absolute atomic E-state index is 12.5. The Labute approximate surface area is 158 Å². The number of ketones is 1. The number of hydrogen-bond donors (Lipinski definition) is 4. The number of amides is 1. The number of nitrogens with one attached hydrogen (secondary N) is 1. The van der Waals surface area contributed by atoms with Gasteiger partial charge in [0.2, 0.25) is 0 Å². The number of aliphatic hydroxyl groups excluding tert-OH is 2. The highest BCUT2D eigenvalue weighted by Gasteiger charge is 2.42. The normalized spacial score (nSPS) is 22.1. The van der Waals surface area contributed by atoms with Crippen LogP contribution in [0.2, 0.25) is 0 Å². The van der Waals surface area contributed by atoms with Gasteiger partial charge in [0.25, 0.3) is 5.91 Å². The molecule has 1 aliphatic heterocycles. The molecule has 2 rings (SSSR count). The van der Waals surface area contributed by atoms with E-state index in [9.17, 15) is 24.9 Å². The molecule has 1 fully saturated rings. The van der Waals surface area contributed by atoms with Crippen LogP contribution in [-0.4, -0.2) is 33.1 Å². The summed E-state index contributed by atoms with van der Waals surface area (Å²) in [6, 6.07) is 4.49. The van der Waals surface area contributed by atoms with E-state index >= 15 is 0 Å². The van der Waals surface area contributed by atoms with Crippen molar-refractivity contribution in [2.45, 2.75) is 39.3 Å². The average Bonchev–Trinajstić information content (AvgIpc) is 2.94. The van der Waals surface area contributed by atoms with Crippen molar-refractivity contribution < 1.29 is 24.9 Å². The quantitative estimate of drug-likeness (QED) is 0.266. The number of phenols is 1. The first-order valence-electron chi connectivity index (χ1n) is 8.86. The molecule has 0 saturated carbocycles. The third kappa shape index (κ3) is 4.86. The minimum Gasteiger partial charge on any atom is -0.508 e. The third-order valence-corrected chi connectivity index (χ3v) is 4.54. The van der Waals surface area contributed by atoms with Crippen molar-refractivity contribution in [2.24, 2.45) is 5.92 Å². The molecule has 27 heavy (non-hydrogen) atoms. The Morgan fingerprint density at radius 1 is 1.22 bits per heavy atom. The van der Waals surface area contributed by atoms with Gasteiger partial charge in [-0.1, -0.05) is 50.1 Å². The first-order chi connectivity index (χ1) is 12.7. The largest absolute Gasteiger partial charge is 0.508 e. The fourth-order valence-electron chi connectivity index (χ4n) is 2.79. The van der Waals surface area contributed by atoms with E-state index in [1.807, 2.05) is 13.0 Å². The summed E-state index contributed by atoms with van der Waals surface area (Å²) in [7, 11) is 0. The first kappa shape index (κ1) is 20.5. The molecule has 1 aromatic carbocycles. The molecule has 0 radical (unpaired) electrons. The molecule has 3 atom stereocenters. The lowest BCUT2D eigenvalue weighted by molar-refractivity contribution is -0.118. The van der Waals surface area contributed by atoms with Crippen LogP contribution >= 0.6 is 0 Å². The van der Waals surface area contributed by atoms with Crippen LogP contribution in [0.25, 0.3) is 0 Å². The lowest BCUT2D eigenvalue weighted by atomic mass is 9.98. The van der Waals surface area contributed by atoms with Gasteiger partial charge in [0, 0.05) is 0 Å². The van der Waals surface area contributed by atoms with Crippen LogP contribution in [0.5, 0.6) is 5.75 Å². The average molecular weight is 371 g/mol. The molecule has 1 aromatic rings. The molecular formula is C21H25NO5. The fraction of sp³-hybridized carbons (Fsp3) is 0.333. The van der Waals surface area contributed by atoms with Crippen molar-refractivity contribution in [1.29, 1.82) is 0 Å². The van der Waals surface area contributed by atoms with Crippen molar-refractivity contribution in [1.82, 2.24) is 5.32 Å². The van der Waals surface area contributed by atoms with E-state index in [-0.39, 0.29) is 11.3 Å². The summed E-state index contributed by atoms with van der Waals surface area (Å²) >= 11 is 0. The monoisotopic (exact) mass is 371 g/mol. The van der Waals surface area contributed by atoms with Gasteiger partial charge in [0.05, 0.1) is 0 Å². The number of rotatable bonds is 6. The molecular weight excluding hydrogens is 346 g/mol. The van der Waals surface area contributed by atoms with Gasteiger partial charge >= 0.3 is 0 Å². The first-order valence-corrected chi connectivity index (χ1v) is 8.86. The standard InChI is InChI=1S/C21H25NO5/c1-4-12(2)11-13(3)5-10-16(24)17-20(26)18(22-21(17)27)19(25)14-6-8-15(23)9-7-14/h5-12,18-19,23-25H,4H2,1-3H3,(H,22,27)/b10-5+,13-11+,17-16+/t12-,18+,19+/m1/s1. The molecule has 0 unspecified atom stereocenters. The molecule has 144 valence electrons. The summed E-state index contributed by atoms with van der Waals surface area (Å²) in [6.45, 7) is 6.01. The van der Waals surface area contributed by atoms with Crippen molar-refractivity contribution in [3.8, 4) is 5.75 Å². The summed E-state index contributed by atoms with van der Waals surface area (Å²) in [5.74, 6) is -1.43. The highest BCUT2D eigenvalue weighted by molar-refractivity contribution is 6.27. The zero-order valence-electron chi connectivity index (χ0n) is 15.6. The highest BCUT2D eigenvalue weighted by atomic mass is 16.3. The number of aliphatic hydroxyl groups is 2. The van der Waals surface area contributed by atoms with E-state index in [2.05, 4.69) is 19.2 Å². The van der Waals surface area contributed by atoms with Crippen molar-refractivity contribution in [3.63, 3.8) is 0 Å². The van der Waals surface area contributed by atoms with Gasteiger partial charge < -0.3 is 20.6 Å². The minimum atomic E-state index is -1.29. The van der Waals surface area contributed by atoms with Crippen LogP contribution in [-0.2, 0) is 9.59 Å². The number of Topliss-reactive ketones (excluding diaryl/α,β-unsaturated/α-hetero) is 1. The topological polar surface area (TPSA) is 107 Å². The van der Waals surface area contributed by atoms with Crippen LogP contribution < -0.4 is 5.32 Å². The van der Waals surface area contributed by atoms with Gasteiger partial charge in [-0.05, 0) is 36.6 Å². The van der Waals surface area contributed by atoms with Crippen molar-refractivity contribution in [3.05, 3.63) is 65.0 Å². The Balaban J connectivity index is 2.22. The van der Waals surface area contributed by atoms with Gasteiger partial charge in [-0.15, -0.1) is 0 Å². The van der Waals surface area contributed by atoms with Crippen LogP contribution in [0, 0.1) is 5.92 Å². The summed E-state index contributed by atoms with van der Waals surface area (Å²) in [4.78, 5) is 24.7. The summed E-state index contributed by atoms with van der Waals surface area (Å²) in [6.07, 6.45) is 4.68. The molecule has 6 heteroatoms. The van der Waals surface area contributed by atoms with Gasteiger partial charge in [-0.25, -0.2) is 0 Å². The molecule has 1 saturated heterocycles. The second kappa shape index (κ2) is 8.68.